The predicted octanol–water partition coefficient (Wildman–Crippen LogP) is -1.26. The van der Waals surface area contributed by atoms with Gasteiger partial charge in [-0.25, -0.2) is 9.36 Å². The highest BCUT2D eigenvalue weighted by Crippen LogP contribution is 2.37. The summed E-state index contributed by atoms with van der Waals surface area (Å²) >= 11 is 0. The number of amides is 3. The standard InChI is InChI=1S/C17H23N4O9P/c1-7-3-9-10(4-8(7)2)21(15-13(18-9)16(25)20-17(26)19-15)5-11(22)14(24)12(23)6-30-31(27,28)29/h3-4,11-14,18,22-24H,5-6H2,1-2H3,(H,20,25,26)(H2,27,28,29). The zero-order valence-electron chi connectivity index (χ0n) is 16.6. The monoisotopic (exact) mass is 458 g/mol. The minimum Gasteiger partial charge on any atom is -0.388 e. The molecule has 0 radical (unpaired) electrons. The van der Waals surface area contributed by atoms with Crippen molar-refractivity contribution in [1.82, 2.24) is 5.32 Å². The van der Waals surface area contributed by atoms with Crippen LogP contribution in [0.5, 0.6) is 0 Å². The molecule has 0 saturated carbocycles. The summed E-state index contributed by atoms with van der Waals surface area (Å²) in [4.78, 5) is 46.8. The maximum absolute atomic E-state index is 12.3. The number of aryl methyl sites for hydroxylation is 2. The smallest absolute Gasteiger partial charge is 0.388 e. The van der Waals surface area contributed by atoms with E-state index in [1.165, 1.54) is 4.90 Å². The van der Waals surface area contributed by atoms with Crippen LogP contribution in [0.2, 0.25) is 0 Å². The minimum absolute atomic E-state index is 0.00305. The average Bonchev–Trinajstić information content (AvgIpc) is 2.67. The van der Waals surface area contributed by atoms with Gasteiger partial charge >= 0.3 is 13.9 Å². The number of phosphoric ester groups is 1. The van der Waals surface area contributed by atoms with Gasteiger partial charge in [-0.1, -0.05) is 0 Å². The van der Waals surface area contributed by atoms with Gasteiger partial charge < -0.3 is 35.3 Å². The molecule has 7 N–H and O–H groups in total. The topological polar surface area (TPSA) is 201 Å². The number of aliphatic hydroxyl groups is 3. The molecule has 2 heterocycles. The molecule has 1 aromatic rings. The molecule has 0 spiro atoms. The fourth-order valence-corrected chi connectivity index (χ4v) is 3.62. The van der Waals surface area contributed by atoms with E-state index in [2.05, 4.69) is 20.1 Å². The number of aliphatic hydroxyl groups excluding tert-OH is 3. The normalized spacial score (nSPS) is 21.3. The van der Waals surface area contributed by atoms with Crippen LogP contribution in [0.15, 0.2) is 17.1 Å². The Morgan fingerprint density at radius 2 is 1.81 bits per heavy atom. The Labute approximate surface area is 176 Å². The second-order valence-corrected chi connectivity index (χ2v) is 8.56. The Bertz CT molecular complexity index is 979. The van der Waals surface area contributed by atoms with E-state index >= 15 is 0 Å². The summed E-state index contributed by atoms with van der Waals surface area (Å²) in [6.45, 7) is 2.39. The molecule has 4 atom stereocenters. The average molecular weight is 458 g/mol. The summed E-state index contributed by atoms with van der Waals surface area (Å²) in [6, 6.07) is 1.61. The number of urea groups is 1. The largest absolute Gasteiger partial charge is 0.469 e. The first-order chi connectivity index (χ1) is 14.4. The van der Waals surface area contributed by atoms with E-state index in [0.717, 1.165) is 11.1 Å². The van der Waals surface area contributed by atoms with Gasteiger partial charge in [-0.2, -0.15) is 4.99 Å². The number of aliphatic imine (C=N–C) groups is 1. The highest BCUT2D eigenvalue weighted by Gasteiger charge is 2.41. The number of anilines is 2. The highest BCUT2D eigenvalue weighted by atomic mass is 31.2. The number of amidine groups is 1. The van der Waals surface area contributed by atoms with Crippen LogP contribution in [0, 0.1) is 13.8 Å². The molecular weight excluding hydrogens is 435 g/mol. The molecule has 0 fully saturated rings. The Balaban J connectivity index is 1.90. The van der Waals surface area contributed by atoms with Crippen LogP contribution in [0.1, 0.15) is 11.1 Å². The maximum Gasteiger partial charge on any atom is 0.469 e. The fraction of sp³-hybridized carbons (Fsp3) is 0.471. The van der Waals surface area contributed by atoms with E-state index in [1.807, 2.05) is 13.8 Å². The summed E-state index contributed by atoms with van der Waals surface area (Å²) in [5, 5.41) is 35.7. The van der Waals surface area contributed by atoms with Crippen molar-refractivity contribution in [3.8, 4) is 0 Å². The van der Waals surface area contributed by atoms with E-state index < -0.39 is 50.7 Å². The molecule has 3 rings (SSSR count). The van der Waals surface area contributed by atoms with Crippen molar-refractivity contribution >= 4 is 37.0 Å². The Hall–Kier alpha value is -2.38. The zero-order valence-corrected chi connectivity index (χ0v) is 17.5. The third-order valence-corrected chi connectivity index (χ3v) is 5.50. The molecule has 0 aliphatic carbocycles. The van der Waals surface area contributed by atoms with Crippen molar-refractivity contribution in [3.05, 3.63) is 23.3 Å². The molecule has 14 heteroatoms. The van der Waals surface area contributed by atoms with Gasteiger partial charge in [0.05, 0.1) is 24.5 Å². The van der Waals surface area contributed by atoms with Gasteiger partial charge in [-0.05, 0) is 37.1 Å². The van der Waals surface area contributed by atoms with E-state index in [0.29, 0.717) is 11.4 Å². The Morgan fingerprint density at radius 3 is 2.45 bits per heavy atom. The summed E-state index contributed by atoms with van der Waals surface area (Å²) in [5.74, 6) is -0.647. The Morgan fingerprint density at radius 1 is 1.16 bits per heavy atom. The maximum atomic E-state index is 12.3. The van der Waals surface area contributed by atoms with Crippen LogP contribution >= 0.6 is 7.82 Å². The molecule has 4 unspecified atom stereocenters. The number of imide groups is 1. The molecule has 0 bridgehead atoms. The molecule has 1 aromatic carbocycles. The summed E-state index contributed by atoms with van der Waals surface area (Å²) in [5.41, 5.74) is 2.81. The summed E-state index contributed by atoms with van der Waals surface area (Å²) in [7, 11) is -4.88. The van der Waals surface area contributed by atoms with Gasteiger partial charge in [0, 0.05) is 0 Å². The number of carbonyl (C=O) groups excluding carboxylic acids is 2. The van der Waals surface area contributed by atoms with Crippen LogP contribution in [0.4, 0.5) is 16.2 Å². The summed E-state index contributed by atoms with van der Waals surface area (Å²) in [6.07, 6.45) is -5.34. The molecule has 2 aliphatic heterocycles. The molecule has 0 saturated heterocycles. The van der Waals surface area contributed by atoms with Crippen molar-refractivity contribution in [2.24, 2.45) is 4.99 Å². The fourth-order valence-electron chi connectivity index (χ4n) is 3.27. The molecule has 31 heavy (non-hydrogen) atoms. The van der Waals surface area contributed by atoms with Crippen molar-refractivity contribution in [1.29, 1.82) is 0 Å². The number of nitrogens with zero attached hydrogens (tertiary/aromatic N) is 2. The lowest BCUT2D eigenvalue weighted by Crippen LogP contribution is -2.60. The van der Waals surface area contributed by atoms with Gasteiger partial charge in [0.1, 0.15) is 24.1 Å². The predicted molar refractivity (Wildman–Crippen MR) is 108 cm³/mol. The lowest BCUT2D eigenvalue weighted by atomic mass is 10.00. The molecule has 170 valence electrons. The number of hydrogen-bond acceptors (Lipinski definition) is 9. The first kappa shape index (κ1) is 23.3. The number of β-amino-alcohol motifs (C(OH)–C–C–N with tert-alkyl or cyclic N) is 1. The number of nitrogens with one attached hydrogen (secondary N) is 2. The van der Waals surface area contributed by atoms with Crippen molar-refractivity contribution in [2.75, 3.05) is 23.4 Å². The highest BCUT2D eigenvalue weighted by molar-refractivity contribution is 7.46. The first-order valence-electron chi connectivity index (χ1n) is 9.20. The van der Waals surface area contributed by atoms with Crippen LogP contribution in [0.3, 0.4) is 0 Å². The molecule has 13 nitrogen and oxygen atoms in total. The van der Waals surface area contributed by atoms with Crippen LogP contribution < -0.4 is 15.5 Å². The number of rotatable bonds is 7. The second-order valence-electron chi connectivity index (χ2n) is 7.32. The number of benzene rings is 1. The minimum atomic E-state index is -4.88. The van der Waals surface area contributed by atoms with E-state index in [1.54, 1.807) is 12.1 Å². The molecular formula is C17H23N4O9P. The quantitative estimate of drug-likeness (QED) is 0.241. The van der Waals surface area contributed by atoms with E-state index in [4.69, 9.17) is 9.79 Å². The molecule has 0 aromatic heterocycles. The second kappa shape index (κ2) is 8.63. The Kier molecular flexibility index (Phi) is 6.48. The summed E-state index contributed by atoms with van der Waals surface area (Å²) < 4.78 is 14.9. The van der Waals surface area contributed by atoms with Crippen LogP contribution in [0.25, 0.3) is 0 Å². The third-order valence-electron chi connectivity index (χ3n) is 5.02. The van der Waals surface area contributed by atoms with Crippen LogP contribution in [-0.2, 0) is 13.9 Å². The van der Waals surface area contributed by atoms with E-state index in [-0.39, 0.29) is 12.4 Å². The van der Waals surface area contributed by atoms with Crippen molar-refractivity contribution in [2.45, 2.75) is 38.2 Å². The SMILES string of the molecule is Cc1cc2c(cc1C)N(CC(O)C(O)C(O)COP(=O)(O)O)C1=NC(=O)NC(=O)C1N2. The molecule has 2 aliphatic rings. The van der Waals surface area contributed by atoms with Gasteiger partial charge in [0.2, 0.25) is 0 Å². The number of phosphoric acid groups is 1. The van der Waals surface area contributed by atoms with Gasteiger partial charge in [-0.3, -0.25) is 14.6 Å². The number of hydrogen-bond donors (Lipinski definition) is 7. The lowest BCUT2D eigenvalue weighted by molar-refractivity contribution is -0.119. The van der Waals surface area contributed by atoms with Crippen LogP contribution in [-0.4, -0.2) is 80.4 Å². The van der Waals surface area contributed by atoms with Gasteiger partial charge in [0.15, 0.2) is 6.04 Å². The van der Waals surface area contributed by atoms with E-state index in [9.17, 15) is 29.5 Å². The first-order valence-corrected chi connectivity index (χ1v) is 10.7. The molecule has 3 amide bonds. The van der Waals surface area contributed by atoms with Crippen molar-refractivity contribution in [3.63, 3.8) is 0 Å². The van der Waals surface area contributed by atoms with Gasteiger partial charge in [-0.15, -0.1) is 0 Å². The third kappa shape index (κ3) is 5.10. The zero-order chi connectivity index (χ0) is 23.1. The number of fused-ring (bicyclic) bond motifs is 2. The number of carbonyl (C=O) groups is 2. The van der Waals surface area contributed by atoms with Gasteiger partial charge in [0.25, 0.3) is 5.91 Å². The lowest BCUT2D eigenvalue weighted by Gasteiger charge is -2.40. The van der Waals surface area contributed by atoms with Crippen molar-refractivity contribution < 1.29 is 43.8 Å².